The van der Waals surface area contributed by atoms with Gasteiger partial charge >= 0.3 is 0 Å². The fraction of sp³-hybridized carbons (Fsp3) is 0.0169. The molecule has 0 saturated carbocycles. The summed E-state index contributed by atoms with van der Waals surface area (Å²) in [5.74, 6) is 0. The molecule has 3 nitrogen and oxygen atoms in total. The van der Waals surface area contributed by atoms with Crippen molar-refractivity contribution >= 4 is 17.1 Å². The highest BCUT2D eigenvalue weighted by atomic mass is 15.1. The van der Waals surface area contributed by atoms with Crippen molar-refractivity contribution in [1.82, 2.24) is 9.97 Å². The number of nitrogens with zero attached hydrogens (tertiary/aromatic N) is 3. The molecule has 0 N–H and O–H groups in total. The molecular weight excluding hydrogens is 751 g/mol. The van der Waals surface area contributed by atoms with E-state index in [2.05, 4.69) is 233 Å². The van der Waals surface area contributed by atoms with Gasteiger partial charge in [0.1, 0.15) is 0 Å². The maximum Gasteiger partial charge on any atom is 0.0885 e. The average Bonchev–Trinajstić information content (AvgIpc) is 3.83. The van der Waals surface area contributed by atoms with Crippen molar-refractivity contribution in [1.29, 1.82) is 0 Å². The molecule has 0 fully saturated rings. The second-order valence-electron chi connectivity index (χ2n) is 16.1. The fourth-order valence-corrected chi connectivity index (χ4v) is 10.3. The summed E-state index contributed by atoms with van der Waals surface area (Å²) in [5.41, 5.74) is 22.5. The molecule has 1 spiro atoms. The molecule has 10 aromatic rings. The van der Waals surface area contributed by atoms with Crippen LogP contribution in [0.4, 0.5) is 17.1 Å². The van der Waals surface area contributed by atoms with Crippen LogP contribution in [0.2, 0.25) is 0 Å². The molecule has 1 aromatic heterocycles. The molecule has 0 amide bonds. The third-order valence-electron chi connectivity index (χ3n) is 12.9. The maximum absolute atomic E-state index is 4.61. The Balaban J connectivity index is 0.981. The van der Waals surface area contributed by atoms with Crippen LogP contribution in [-0.4, -0.2) is 9.97 Å². The number of rotatable bonds is 7. The van der Waals surface area contributed by atoms with E-state index in [1.807, 2.05) is 6.20 Å². The smallest absolute Gasteiger partial charge is 0.0885 e. The lowest BCUT2D eigenvalue weighted by Crippen LogP contribution is -2.25. The molecule has 0 atom stereocenters. The highest BCUT2D eigenvalue weighted by Crippen LogP contribution is 2.64. The van der Waals surface area contributed by atoms with E-state index in [0.29, 0.717) is 0 Å². The summed E-state index contributed by atoms with van der Waals surface area (Å²) in [4.78, 5) is 11.3. The van der Waals surface area contributed by atoms with Crippen molar-refractivity contribution < 1.29 is 0 Å². The molecule has 62 heavy (non-hydrogen) atoms. The third-order valence-corrected chi connectivity index (χ3v) is 12.9. The van der Waals surface area contributed by atoms with Crippen molar-refractivity contribution in [3.05, 3.63) is 259 Å². The van der Waals surface area contributed by atoms with Gasteiger partial charge in [-0.2, -0.15) is 0 Å². The minimum atomic E-state index is -0.390. The first-order valence-electron chi connectivity index (χ1n) is 21.2. The van der Waals surface area contributed by atoms with Gasteiger partial charge in [-0.25, -0.2) is 0 Å². The first kappa shape index (κ1) is 35.8. The Bertz CT molecular complexity index is 3240. The van der Waals surface area contributed by atoms with Gasteiger partial charge in [-0.3, -0.25) is 9.97 Å². The van der Waals surface area contributed by atoms with Gasteiger partial charge in [0.15, 0.2) is 0 Å². The first-order valence-corrected chi connectivity index (χ1v) is 21.2. The molecule has 0 bridgehead atoms. The van der Waals surface area contributed by atoms with Crippen LogP contribution < -0.4 is 4.90 Å². The summed E-state index contributed by atoms with van der Waals surface area (Å²) in [5, 5.41) is 0. The fourth-order valence-electron chi connectivity index (χ4n) is 10.3. The van der Waals surface area contributed by atoms with Gasteiger partial charge in [0.05, 0.1) is 17.3 Å². The summed E-state index contributed by atoms with van der Waals surface area (Å²) in [6.45, 7) is 0. The van der Waals surface area contributed by atoms with E-state index in [0.717, 1.165) is 33.9 Å². The van der Waals surface area contributed by atoms with E-state index in [9.17, 15) is 0 Å². The zero-order valence-electron chi connectivity index (χ0n) is 33.9. The lowest BCUT2D eigenvalue weighted by molar-refractivity contribution is 0.794. The predicted molar refractivity (Wildman–Crippen MR) is 255 cm³/mol. The monoisotopic (exact) mass is 789 g/mol. The molecular formula is C59H39N3. The zero-order chi connectivity index (χ0) is 41.0. The number of anilines is 3. The van der Waals surface area contributed by atoms with Crippen LogP contribution in [0.15, 0.2) is 237 Å². The first-order chi connectivity index (χ1) is 30.8. The molecule has 0 aliphatic heterocycles. The van der Waals surface area contributed by atoms with Gasteiger partial charge in [0.2, 0.25) is 0 Å². The number of fused-ring (bicyclic) bond motifs is 10. The summed E-state index contributed by atoms with van der Waals surface area (Å²) in [6, 6.07) is 79.9. The lowest BCUT2D eigenvalue weighted by Gasteiger charge is -2.30. The minimum Gasteiger partial charge on any atom is -0.310 e. The second-order valence-corrected chi connectivity index (χ2v) is 16.1. The molecule has 3 heteroatoms. The number of hydrogen-bond acceptors (Lipinski definition) is 3. The molecule has 9 aromatic carbocycles. The van der Waals surface area contributed by atoms with E-state index < -0.39 is 5.41 Å². The lowest BCUT2D eigenvalue weighted by atomic mass is 9.70. The van der Waals surface area contributed by atoms with E-state index in [1.54, 1.807) is 12.4 Å². The van der Waals surface area contributed by atoms with Crippen LogP contribution in [-0.2, 0) is 5.41 Å². The van der Waals surface area contributed by atoms with Crippen LogP contribution >= 0.6 is 0 Å². The highest BCUT2D eigenvalue weighted by Gasteiger charge is 2.52. The Kier molecular flexibility index (Phi) is 8.39. The van der Waals surface area contributed by atoms with Gasteiger partial charge < -0.3 is 4.90 Å². The highest BCUT2D eigenvalue weighted by molar-refractivity contribution is 6.02. The molecule has 1 heterocycles. The van der Waals surface area contributed by atoms with Gasteiger partial charge in [0.25, 0.3) is 0 Å². The zero-order valence-corrected chi connectivity index (χ0v) is 33.9. The Morgan fingerprint density at radius 1 is 0.323 bits per heavy atom. The van der Waals surface area contributed by atoms with Crippen LogP contribution in [0.5, 0.6) is 0 Å². The number of benzene rings is 9. The maximum atomic E-state index is 4.61. The van der Waals surface area contributed by atoms with Crippen molar-refractivity contribution in [2.75, 3.05) is 4.90 Å². The molecule has 0 unspecified atom stereocenters. The minimum absolute atomic E-state index is 0.390. The van der Waals surface area contributed by atoms with Crippen LogP contribution in [0, 0.1) is 0 Å². The average molecular weight is 790 g/mol. The van der Waals surface area contributed by atoms with Crippen molar-refractivity contribution in [2.45, 2.75) is 5.41 Å². The summed E-state index contributed by atoms with van der Waals surface area (Å²) < 4.78 is 0. The number of hydrogen-bond donors (Lipinski definition) is 0. The van der Waals surface area contributed by atoms with E-state index in [4.69, 9.17) is 0 Å². The molecule has 0 radical (unpaired) electrons. The molecule has 12 rings (SSSR count). The third kappa shape index (κ3) is 5.52. The molecule has 2 aliphatic carbocycles. The van der Waals surface area contributed by atoms with Gasteiger partial charge in [-0.05, 0) is 114 Å². The van der Waals surface area contributed by atoms with Gasteiger partial charge in [0, 0.05) is 35.0 Å². The predicted octanol–water partition coefficient (Wildman–Crippen LogP) is 15.0. The quantitative estimate of drug-likeness (QED) is 0.161. The van der Waals surface area contributed by atoms with Gasteiger partial charge in [-0.15, -0.1) is 0 Å². The van der Waals surface area contributed by atoms with Crippen LogP contribution in [0.3, 0.4) is 0 Å². The Labute approximate surface area is 361 Å². The van der Waals surface area contributed by atoms with Crippen LogP contribution in [0.1, 0.15) is 22.3 Å². The standard InChI is InChI=1S/C59H39N3/c1-2-14-40(15-3-1)41-28-32-44(33-29-41)62(46-17-12-16-43(38-46)57-39-60-36-37-61-57)45-34-30-42(31-35-45)47-18-4-5-19-48(47)51-23-13-27-56-58(51)52-22-8-11-26-55(52)59(56)53-24-9-6-20-49(53)50-21-7-10-25-54(50)59/h1-39H. The Morgan fingerprint density at radius 2 is 0.823 bits per heavy atom. The Morgan fingerprint density at radius 3 is 1.48 bits per heavy atom. The molecule has 2 aliphatic rings. The largest absolute Gasteiger partial charge is 0.310 e. The van der Waals surface area contributed by atoms with E-state index in [-0.39, 0.29) is 0 Å². The number of aromatic nitrogens is 2. The summed E-state index contributed by atoms with van der Waals surface area (Å²) >= 11 is 0. The molecule has 0 saturated heterocycles. The normalized spacial score (nSPS) is 12.6. The SMILES string of the molecule is c1ccc(-c2ccc(N(c3ccc(-c4ccccc4-c4cccc5c4-c4ccccc4C54c5ccccc5-c5ccccc54)cc3)c3cccc(-c4cnccn4)c3)cc2)cc1. The van der Waals surface area contributed by atoms with Crippen molar-refractivity contribution in [3.8, 4) is 66.9 Å². The van der Waals surface area contributed by atoms with Gasteiger partial charge in [-0.1, -0.05) is 182 Å². The van der Waals surface area contributed by atoms with E-state index in [1.165, 1.54) is 72.3 Å². The van der Waals surface area contributed by atoms with Crippen molar-refractivity contribution in [2.24, 2.45) is 0 Å². The topological polar surface area (TPSA) is 29.0 Å². The molecule has 290 valence electrons. The Hall–Kier alpha value is -8.14. The second kappa shape index (κ2) is 14.5. The van der Waals surface area contributed by atoms with Crippen LogP contribution in [0.25, 0.3) is 66.9 Å². The summed E-state index contributed by atoms with van der Waals surface area (Å²) in [7, 11) is 0. The van der Waals surface area contributed by atoms with Crippen molar-refractivity contribution in [3.63, 3.8) is 0 Å². The summed E-state index contributed by atoms with van der Waals surface area (Å²) in [6.07, 6.45) is 5.27. The van der Waals surface area contributed by atoms with E-state index >= 15 is 0 Å².